The molecule has 3 saturated carbocycles. The molecule has 0 bridgehead atoms. The molecule has 4 rings (SSSR count). The van der Waals surface area contributed by atoms with Crippen molar-refractivity contribution in [3.05, 3.63) is 11.6 Å². The number of allylic oxidation sites excluding steroid dienone is 1. The standard InChI is InChI=1S/C25H35NO3S/c1-15(27)22-12-19(30-14-26)13-23-20-6-5-17-11-18(29-16(2)28)7-9-24(17,3)21(20)8-10-25(22,23)4/h5,18-23H,6-13H2,1-4H3/t18-,19-,20?,21?,22+,23?,24-,25+/m0/s1. The molecule has 5 heteroatoms. The van der Waals surface area contributed by atoms with Gasteiger partial charge in [0.15, 0.2) is 0 Å². The normalized spacial score (nSPS) is 45.1. The average molecular weight is 430 g/mol. The van der Waals surface area contributed by atoms with Crippen LogP contribution in [0.5, 0.6) is 0 Å². The van der Waals surface area contributed by atoms with Crippen LogP contribution in [-0.2, 0) is 14.3 Å². The molecule has 0 aromatic carbocycles. The van der Waals surface area contributed by atoms with Crippen LogP contribution in [0.1, 0.15) is 79.1 Å². The Balaban J connectivity index is 1.63. The van der Waals surface area contributed by atoms with Crippen LogP contribution in [0.25, 0.3) is 0 Å². The highest BCUT2D eigenvalue weighted by Gasteiger charge is 2.59. The van der Waals surface area contributed by atoms with Gasteiger partial charge in [-0.3, -0.25) is 9.59 Å². The van der Waals surface area contributed by atoms with Crippen molar-refractivity contribution in [2.45, 2.75) is 90.4 Å². The van der Waals surface area contributed by atoms with Gasteiger partial charge in [-0.15, -0.1) is 0 Å². The van der Waals surface area contributed by atoms with Gasteiger partial charge in [-0.1, -0.05) is 25.5 Å². The Labute approximate surface area is 185 Å². The number of carbonyl (C=O) groups excluding carboxylic acids is 2. The second-order valence-corrected chi connectivity index (χ2v) is 11.8. The summed E-state index contributed by atoms with van der Waals surface area (Å²) in [5.41, 5.74) is 1.74. The number of nitriles is 1. The van der Waals surface area contributed by atoms with Gasteiger partial charge in [0.2, 0.25) is 0 Å². The van der Waals surface area contributed by atoms with E-state index in [9.17, 15) is 14.9 Å². The molecule has 4 aliphatic rings. The zero-order chi connectivity index (χ0) is 21.7. The number of fused-ring (bicyclic) bond motifs is 5. The molecule has 3 unspecified atom stereocenters. The number of Topliss-reactive ketones (excluding diaryl/α,β-unsaturated/α-hetero) is 1. The highest BCUT2D eigenvalue weighted by molar-refractivity contribution is 8.04. The SMILES string of the molecule is CC(=O)O[C@H]1CC[C@@]2(C)C(=CCC3C2CC[C@@]2(C)C3C[C@@H](SC#N)C[C@@H]2C(C)=O)C1. The summed E-state index contributed by atoms with van der Waals surface area (Å²) in [5, 5.41) is 11.9. The van der Waals surface area contributed by atoms with Crippen LogP contribution in [0.2, 0.25) is 0 Å². The first-order valence-corrected chi connectivity index (χ1v) is 12.5. The van der Waals surface area contributed by atoms with Crippen molar-refractivity contribution < 1.29 is 14.3 Å². The third-order valence-corrected chi connectivity index (χ3v) is 10.2. The molecule has 4 nitrogen and oxygen atoms in total. The molecule has 0 heterocycles. The van der Waals surface area contributed by atoms with Crippen molar-refractivity contribution >= 4 is 23.5 Å². The summed E-state index contributed by atoms with van der Waals surface area (Å²) in [6, 6.07) is 0. The summed E-state index contributed by atoms with van der Waals surface area (Å²) >= 11 is 1.38. The van der Waals surface area contributed by atoms with Crippen LogP contribution in [0.4, 0.5) is 0 Å². The number of carbonyl (C=O) groups is 2. The van der Waals surface area contributed by atoms with Crippen LogP contribution in [0, 0.1) is 45.2 Å². The summed E-state index contributed by atoms with van der Waals surface area (Å²) in [6.07, 6.45) is 10.7. The maximum atomic E-state index is 12.6. The zero-order valence-corrected chi connectivity index (χ0v) is 19.6. The number of hydrogen-bond donors (Lipinski definition) is 0. The highest BCUT2D eigenvalue weighted by atomic mass is 32.2. The molecule has 0 aliphatic heterocycles. The summed E-state index contributed by atoms with van der Waals surface area (Å²) in [4.78, 5) is 24.1. The van der Waals surface area contributed by atoms with E-state index in [0.29, 0.717) is 23.5 Å². The van der Waals surface area contributed by atoms with E-state index >= 15 is 0 Å². The van der Waals surface area contributed by atoms with E-state index in [2.05, 4.69) is 25.3 Å². The van der Waals surface area contributed by atoms with Crippen molar-refractivity contribution in [3.8, 4) is 5.40 Å². The third kappa shape index (κ3) is 3.53. The molecule has 0 aromatic heterocycles. The fraction of sp³-hybridized carbons (Fsp3) is 0.800. The van der Waals surface area contributed by atoms with E-state index in [4.69, 9.17) is 4.74 Å². The Kier molecular flexibility index (Phi) is 5.85. The van der Waals surface area contributed by atoms with Crippen LogP contribution < -0.4 is 0 Å². The fourth-order valence-corrected chi connectivity index (χ4v) is 8.64. The minimum atomic E-state index is -0.176. The summed E-state index contributed by atoms with van der Waals surface area (Å²) in [6.45, 7) is 8.07. The lowest BCUT2D eigenvalue weighted by Crippen LogP contribution is -2.56. The van der Waals surface area contributed by atoms with Gasteiger partial charge in [-0.2, -0.15) is 5.26 Å². The van der Waals surface area contributed by atoms with E-state index in [1.807, 2.05) is 0 Å². The Bertz CT molecular complexity index is 801. The van der Waals surface area contributed by atoms with Crippen LogP contribution in [0.3, 0.4) is 0 Å². The number of nitrogens with zero attached hydrogens (tertiary/aromatic N) is 1. The van der Waals surface area contributed by atoms with Crippen LogP contribution in [0.15, 0.2) is 11.6 Å². The quantitative estimate of drug-likeness (QED) is 0.328. The Morgan fingerprint density at radius 1 is 1.17 bits per heavy atom. The van der Waals surface area contributed by atoms with Gasteiger partial charge >= 0.3 is 5.97 Å². The van der Waals surface area contributed by atoms with Gasteiger partial charge in [-0.25, -0.2) is 0 Å². The van der Waals surface area contributed by atoms with E-state index in [1.165, 1.54) is 30.7 Å². The Morgan fingerprint density at radius 3 is 2.60 bits per heavy atom. The first-order valence-electron chi connectivity index (χ1n) is 11.6. The molecule has 4 aliphatic carbocycles. The average Bonchev–Trinajstić information content (AvgIpc) is 2.67. The van der Waals surface area contributed by atoms with Crippen molar-refractivity contribution in [3.63, 3.8) is 0 Å². The van der Waals surface area contributed by atoms with E-state index in [1.54, 1.807) is 6.92 Å². The van der Waals surface area contributed by atoms with Crippen LogP contribution in [-0.4, -0.2) is 23.1 Å². The van der Waals surface area contributed by atoms with Crippen molar-refractivity contribution in [1.82, 2.24) is 0 Å². The minimum Gasteiger partial charge on any atom is -0.462 e. The van der Waals surface area contributed by atoms with E-state index in [-0.39, 0.29) is 34.1 Å². The molecule has 164 valence electrons. The molecule has 0 saturated heterocycles. The molecule has 0 spiro atoms. The first kappa shape index (κ1) is 21.9. The van der Waals surface area contributed by atoms with Crippen molar-refractivity contribution in [1.29, 1.82) is 5.26 Å². The maximum absolute atomic E-state index is 12.6. The second-order valence-electron chi connectivity index (χ2n) is 10.7. The highest BCUT2D eigenvalue weighted by Crippen LogP contribution is 2.65. The summed E-state index contributed by atoms with van der Waals surface area (Å²) < 4.78 is 5.55. The lowest BCUT2D eigenvalue weighted by molar-refractivity contribution is -0.150. The second kappa shape index (κ2) is 8.01. The fourth-order valence-electron chi connectivity index (χ4n) is 7.90. The lowest BCUT2D eigenvalue weighted by atomic mass is 9.43. The summed E-state index contributed by atoms with van der Waals surface area (Å²) in [7, 11) is 0. The molecule has 3 fully saturated rings. The number of thiocyanates is 1. The number of ether oxygens (including phenoxy) is 1. The number of esters is 1. The predicted molar refractivity (Wildman–Crippen MR) is 118 cm³/mol. The van der Waals surface area contributed by atoms with Gasteiger partial charge in [0, 0.05) is 24.5 Å². The number of rotatable bonds is 3. The Hall–Kier alpha value is -1.28. The monoisotopic (exact) mass is 429 g/mol. The molecular formula is C25H35NO3S. The third-order valence-electron chi connectivity index (χ3n) is 9.35. The van der Waals surface area contributed by atoms with Crippen LogP contribution >= 0.6 is 11.8 Å². The lowest BCUT2D eigenvalue weighted by Gasteiger charge is -2.62. The van der Waals surface area contributed by atoms with Gasteiger partial charge in [0.1, 0.15) is 17.3 Å². The number of thioether (sulfide) groups is 1. The van der Waals surface area contributed by atoms with Gasteiger partial charge in [0.05, 0.1) is 0 Å². The van der Waals surface area contributed by atoms with Crippen molar-refractivity contribution in [2.24, 2.45) is 34.5 Å². The molecular weight excluding hydrogens is 394 g/mol. The van der Waals surface area contributed by atoms with E-state index in [0.717, 1.165) is 44.9 Å². The molecule has 0 amide bonds. The van der Waals surface area contributed by atoms with Gasteiger partial charge in [0.25, 0.3) is 0 Å². The largest absolute Gasteiger partial charge is 0.462 e. The molecule has 8 atom stereocenters. The Morgan fingerprint density at radius 2 is 1.93 bits per heavy atom. The zero-order valence-electron chi connectivity index (χ0n) is 18.8. The number of hydrogen-bond acceptors (Lipinski definition) is 5. The number of ketones is 1. The topological polar surface area (TPSA) is 67.2 Å². The van der Waals surface area contributed by atoms with Gasteiger partial charge < -0.3 is 4.74 Å². The molecule has 0 aromatic rings. The predicted octanol–water partition coefficient (Wildman–Crippen LogP) is 5.67. The molecule has 0 N–H and O–H groups in total. The maximum Gasteiger partial charge on any atom is 0.302 e. The van der Waals surface area contributed by atoms with Gasteiger partial charge in [-0.05, 0) is 92.2 Å². The minimum absolute atomic E-state index is 0.0282. The smallest absolute Gasteiger partial charge is 0.302 e. The molecule has 30 heavy (non-hydrogen) atoms. The van der Waals surface area contributed by atoms with Crippen molar-refractivity contribution in [2.75, 3.05) is 0 Å². The first-order chi connectivity index (χ1) is 14.2. The van der Waals surface area contributed by atoms with E-state index < -0.39 is 0 Å². The summed E-state index contributed by atoms with van der Waals surface area (Å²) in [5.74, 6) is 1.94. The molecule has 0 radical (unpaired) electrons.